The van der Waals surface area contributed by atoms with Gasteiger partial charge in [0, 0.05) is 5.39 Å². The van der Waals surface area contributed by atoms with Crippen LogP contribution in [0.3, 0.4) is 0 Å². The normalized spacial score (nSPS) is 10.8. The van der Waals surface area contributed by atoms with Gasteiger partial charge in [-0.2, -0.15) is 5.10 Å². The SMILES string of the molecule is ClCn1nc(Cl)c2ccccc21. The molecule has 0 saturated carbocycles. The van der Waals surface area contributed by atoms with Gasteiger partial charge in [-0.25, -0.2) is 4.68 Å². The highest BCUT2D eigenvalue weighted by molar-refractivity contribution is 6.34. The predicted octanol–water partition coefficient (Wildman–Crippen LogP) is 2.89. The van der Waals surface area contributed by atoms with Gasteiger partial charge in [0.05, 0.1) is 5.52 Å². The minimum absolute atomic E-state index is 0.327. The van der Waals surface area contributed by atoms with Crippen LogP contribution in [0.25, 0.3) is 10.9 Å². The minimum Gasteiger partial charge on any atom is -0.248 e. The van der Waals surface area contributed by atoms with Crippen LogP contribution in [0.4, 0.5) is 0 Å². The van der Waals surface area contributed by atoms with E-state index in [0.717, 1.165) is 10.9 Å². The Bertz CT molecular complexity index is 408. The van der Waals surface area contributed by atoms with E-state index in [4.69, 9.17) is 23.2 Å². The molecule has 0 aliphatic heterocycles. The summed E-state index contributed by atoms with van der Waals surface area (Å²) in [5, 5.41) is 5.51. The second kappa shape index (κ2) is 2.96. The molecule has 0 aliphatic carbocycles. The summed E-state index contributed by atoms with van der Waals surface area (Å²) < 4.78 is 1.67. The third kappa shape index (κ3) is 1.08. The van der Waals surface area contributed by atoms with Gasteiger partial charge in [-0.3, -0.25) is 0 Å². The average molecular weight is 201 g/mol. The molecule has 0 bridgehead atoms. The van der Waals surface area contributed by atoms with Crippen molar-refractivity contribution >= 4 is 34.1 Å². The van der Waals surface area contributed by atoms with Crippen LogP contribution in [0.5, 0.6) is 0 Å². The van der Waals surface area contributed by atoms with Crippen molar-refractivity contribution < 1.29 is 0 Å². The van der Waals surface area contributed by atoms with E-state index in [9.17, 15) is 0 Å². The molecule has 0 amide bonds. The molecule has 2 aromatic rings. The van der Waals surface area contributed by atoms with E-state index in [2.05, 4.69) is 5.10 Å². The number of rotatable bonds is 1. The summed E-state index contributed by atoms with van der Waals surface area (Å²) in [7, 11) is 0. The second-order valence-electron chi connectivity index (χ2n) is 2.43. The third-order valence-electron chi connectivity index (χ3n) is 1.73. The third-order valence-corrected chi connectivity index (χ3v) is 2.23. The van der Waals surface area contributed by atoms with Crippen molar-refractivity contribution in [3.63, 3.8) is 0 Å². The maximum absolute atomic E-state index is 5.87. The van der Waals surface area contributed by atoms with Crippen LogP contribution in [-0.2, 0) is 6.00 Å². The molecule has 0 aliphatic rings. The van der Waals surface area contributed by atoms with Gasteiger partial charge in [0.1, 0.15) is 6.00 Å². The summed E-state index contributed by atoms with van der Waals surface area (Å²) in [6.07, 6.45) is 0. The summed E-state index contributed by atoms with van der Waals surface area (Å²) in [5.41, 5.74) is 0.970. The number of benzene rings is 1. The lowest BCUT2D eigenvalue weighted by Gasteiger charge is -1.93. The second-order valence-corrected chi connectivity index (χ2v) is 3.02. The highest BCUT2D eigenvalue weighted by Crippen LogP contribution is 2.22. The van der Waals surface area contributed by atoms with Crippen LogP contribution in [0.15, 0.2) is 24.3 Å². The Morgan fingerprint density at radius 3 is 2.83 bits per heavy atom. The van der Waals surface area contributed by atoms with Gasteiger partial charge in [-0.05, 0) is 12.1 Å². The molecule has 4 heteroatoms. The lowest BCUT2D eigenvalue weighted by molar-refractivity contribution is 0.773. The van der Waals surface area contributed by atoms with Crippen LogP contribution in [0.2, 0.25) is 5.15 Å². The number of para-hydroxylation sites is 1. The first-order chi connectivity index (χ1) is 5.83. The summed E-state index contributed by atoms with van der Waals surface area (Å²) in [6, 6.07) is 8.05. The van der Waals surface area contributed by atoms with Crippen LogP contribution in [0, 0.1) is 0 Å². The summed E-state index contributed by atoms with van der Waals surface area (Å²) >= 11 is 11.5. The molecule has 0 N–H and O–H groups in total. The molecule has 12 heavy (non-hydrogen) atoms. The highest BCUT2D eigenvalue weighted by Gasteiger charge is 2.05. The van der Waals surface area contributed by atoms with Crippen molar-refractivity contribution in [2.45, 2.75) is 6.00 Å². The zero-order valence-corrected chi connectivity index (χ0v) is 7.68. The lowest BCUT2D eigenvalue weighted by atomic mass is 10.3. The van der Waals surface area contributed by atoms with E-state index >= 15 is 0 Å². The standard InChI is InChI=1S/C8H6Cl2N2/c9-5-12-7-4-2-1-3-6(7)8(10)11-12/h1-4H,5H2. The van der Waals surface area contributed by atoms with Gasteiger partial charge in [-0.15, -0.1) is 11.6 Å². The summed E-state index contributed by atoms with van der Waals surface area (Å²) in [5.74, 6) is 0. The molecule has 2 nitrogen and oxygen atoms in total. The molecule has 1 heterocycles. The number of aromatic nitrogens is 2. The zero-order valence-electron chi connectivity index (χ0n) is 6.17. The van der Waals surface area contributed by atoms with E-state index in [-0.39, 0.29) is 0 Å². The molecule has 0 saturated heterocycles. The van der Waals surface area contributed by atoms with Crippen molar-refractivity contribution in [3.8, 4) is 0 Å². The van der Waals surface area contributed by atoms with E-state index in [1.807, 2.05) is 24.3 Å². The minimum atomic E-state index is 0.327. The molecular weight excluding hydrogens is 195 g/mol. The van der Waals surface area contributed by atoms with Crippen molar-refractivity contribution in [1.82, 2.24) is 9.78 Å². The number of nitrogens with zero attached hydrogens (tertiary/aromatic N) is 2. The number of hydrogen-bond donors (Lipinski definition) is 0. The van der Waals surface area contributed by atoms with Gasteiger partial charge >= 0.3 is 0 Å². The average Bonchev–Trinajstić information content (AvgIpc) is 2.44. The number of hydrogen-bond acceptors (Lipinski definition) is 1. The van der Waals surface area contributed by atoms with Gasteiger partial charge < -0.3 is 0 Å². The Labute approximate surface area is 79.7 Å². The van der Waals surface area contributed by atoms with Gasteiger partial charge in [0.2, 0.25) is 0 Å². The van der Waals surface area contributed by atoms with E-state index < -0.39 is 0 Å². The first kappa shape index (κ1) is 7.90. The Kier molecular flexibility index (Phi) is 1.95. The van der Waals surface area contributed by atoms with Crippen LogP contribution in [0.1, 0.15) is 0 Å². The fourth-order valence-electron chi connectivity index (χ4n) is 1.18. The first-order valence-electron chi connectivity index (χ1n) is 3.50. The largest absolute Gasteiger partial charge is 0.248 e. The Morgan fingerprint density at radius 1 is 1.33 bits per heavy atom. The summed E-state index contributed by atoms with van der Waals surface area (Å²) in [6.45, 7) is 0. The molecule has 2 rings (SSSR count). The molecule has 0 fully saturated rings. The molecule has 0 unspecified atom stereocenters. The smallest absolute Gasteiger partial charge is 0.158 e. The van der Waals surface area contributed by atoms with Gasteiger partial charge in [0.15, 0.2) is 5.15 Å². The van der Waals surface area contributed by atoms with Crippen molar-refractivity contribution in [1.29, 1.82) is 0 Å². The topological polar surface area (TPSA) is 17.8 Å². The molecule has 0 atom stereocenters. The predicted molar refractivity (Wildman–Crippen MR) is 50.6 cm³/mol. The molecule has 1 aromatic carbocycles. The molecule has 0 spiro atoms. The Balaban J connectivity index is 2.82. The lowest BCUT2D eigenvalue weighted by Crippen LogP contribution is -1.92. The Hall–Kier alpha value is -0.730. The van der Waals surface area contributed by atoms with Crippen LogP contribution >= 0.6 is 23.2 Å². The molecule has 1 aromatic heterocycles. The van der Waals surface area contributed by atoms with Crippen molar-refractivity contribution in [2.75, 3.05) is 0 Å². The quantitative estimate of drug-likeness (QED) is 0.648. The zero-order chi connectivity index (χ0) is 8.55. The maximum atomic E-state index is 5.87. The molecule has 0 radical (unpaired) electrons. The fourth-order valence-corrected chi connectivity index (χ4v) is 1.61. The monoisotopic (exact) mass is 200 g/mol. The summed E-state index contributed by atoms with van der Waals surface area (Å²) in [4.78, 5) is 0. The maximum Gasteiger partial charge on any atom is 0.158 e. The fraction of sp³-hybridized carbons (Fsp3) is 0.125. The van der Waals surface area contributed by atoms with Crippen molar-refractivity contribution in [2.24, 2.45) is 0 Å². The highest BCUT2D eigenvalue weighted by atomic mass is 35.5. The van der Waals surface area contributed by atoms with Crippen molar-refractivity contribution in [3.05, 3.63) is 29.4 Å². The first-order valence-corrected chi connectivity index (χ1v) is 4.41. The number of fused-ring (bicyclic) bond motifs is 1. The number of alkyl halides is 1. The van der Waals surface area contributed by atoms with E-state index in [1.54, 1.807) is 4.68 Å². The van der Waals surface area contributed by atoms with Crippen LogP contribution in [-0.4, -0.2) is 9.78 Å². The molecule has 62 valence electrons. The van der Waals surface area contributed by atoms with Crippen LogP contribution < -0.4 is 0 Å². The van der Waals surface area contributed by atoms with Gasteiger partial charge in [-0.1, -0.05) is 23.7 Å². The van der Waals surface area contributed by atoms with Gasteiger partial charge in [0.25, 0.3) is 0 Å². The van der Waals surface area contributed by atoms with E-state index in [1.165, 1.54) is 0 Å². The Morgan fingerprint density at radius 2 is 2.08 bits per heavy atom. The van der Waals surface area contributed by atoms with E-state index in [0.29, 0.717) is 11.2 Å². The molecular formula is C8H6Cl2N2. The number of halogens is 2.